The van der Waals surface area contributed by atoms with Gasteiger partial charge in [0.15, 0.2) is 0 Å². The lowest BCUT2D eigenvalue weighted by molar-refractivity contribution is -0.120. The highest BCUT2D eigenvalue weighted by Crippen LogP contribution is 2.20. The van der Waals surface area contributed by atoms with Crippen molar-refractivity contribution in [3.63, 3.8) is 0 Å². The maximum atomic E-state index is 14.0. The van der Waals surface area contributed by atoms with E-state index in [1.165, 1.54) is 11.6 Å². The largest absolute Gasteiger partial charge is 0.367 e. The van der Waals surface area contributed by atoms with Gasteiger partial charge in [-0.05, 0) is 41.8 Å². The van der Waals surface area contributed by atoms with Crippen molar-refractivity contribution >= 4 is 11.6 Å². The zero-order valence-electron chi connectivity index (χ0n) is 18.3. The second-order valence-corrected chi connectivity index (χ2v) is 8.22. The third-order valence-electron chi connectivity index (χ3n) is 5.96. The number of nitrogens with zero attached hydrogens (tertiary/aromatic N) is 2. The molecule has 0 aliphatic carbocycles. The Kier molecular flexibility index (Phi) is 7.51. The van der Waals surface area contributed by atoms with E-state index >= 15 is 0 Å². The van der Waals surface area contributed by atoms with Crippen LogP contribution in [0.15, 0.2) is 78.9 Å². The van der Waals surface area contributed by atoms with Crippen LogP contribution in [0.5, 0.6) is 0 Å². The van der Waals surface area contributed by atoms with Crippen LogP contribution in [0.1, 0.15) is 12.0 Å². The van der Waals surface area contributed by atoms with Crippen molar-refractivity contribution in [2.45, 2.75) is 12.8 Å². The average Bonchev–Trinajstić information content (AvgIpc) is 2.84. The van der Waals surface area contributed by atoms with E-state index in [9.17, 15) is 9.18 Å². The highest BCUT2D eigenvalue weighted by molar-refractivity contribution is 5.78. The van der Waals surface area contributed by atoms with Crippen molar-refractivity contribution in [3.05, 3.63) is 90.2 Å². The standard InChI is InChI=1S/C27H30FN3O/c28-25-9-4-5-10-26(25)31-19-17-30(18-20-31)16-6-15-29-27(32)21-22-11-13-24(14-12-22)23-7-2-1-3-8-23/h1-5,7-14H,6,15-21H2,(H,29,32). The minimum absolute atomic E-state index is 0.0573. The van der Waals surface area contributed by atoms with Gasteiger partial charge >= 0.3 is 0 Å². The van der Waals surface area contributed by atoms with Crippen LogP contribution in [0.4, 0.5) is 10.1 Å². The van der Waals surface area contributed by atoms with Crippen molar-refractivity contribution in [2.24, 2.45) is 0 Å². The van der Waals surface area contributed by atoms with Crippen LogP contribution >= 0.6 is 0 Å². The Morgan fingerprint density at radius 3 is 2.19 bits per heavy atom. The summed E-state index contributed by atoms with van der Waals surface area (Å²) >= 11 is 0. The van der Waals surface area contributed by atoms with Gasteiger partial charge in [-0.3, -0.25) is 9.69 Å². The molecular formula is C27H30FN3O. The van der Waals surface area contributed by atoms with Crippen LogP contribution < -0.4 is 10.2 Å². The van der Waals surface area contributed by atoms with E-state index in [1.807, 2.05) is 42.5 Å². The van der Waals surface area contributed by atoms with Crippen molar-refractivity contribution in [1.82, 2.24) is 10.2 Å². The zero-order valence-corrected chi connectivity index (χ0v) is 18.3. The van der Waals surface area contributed by atoms with Crippen LogP contribution in [0.3, 0.4) is 0 Å². The fraction of sp³-hybridized carbons (Fsp3) is 0.296. The number of rotatable bonds is 8. The number of benzene rings is 3. The van der Waals surface area contributed by atoms with Crippen LogP contribution in [-0.2, 0) is 11.2 Å². The first-order chi connectivity index (χ1) is 15.7. The number of nitrogens with one attached hydrogen (secondary N) is 1. The summed E-state index contributed by atoms with van der Waals surface area (Å²) in [6.07, 6.45) is 1.31. The molecule has 0 aromatic heterocycles. The number of amides is 1. The van der Waals surface area contributed by atoms with Crippen LogP contribution in [0, 0.1) is 5.82 Å². The van der Waals surface area contributed by atoms with Crippen LogP contribution in [0.2, 0.25) is 0 Å². The fourth-order valence-corrected chi connectivity index (χ4v) is 4.14. The maximum absolute atomic E-state index is 14.0. The number of hydrogen-bond donors (Lipinski definition) is 1. The summed E-state index contributed by atoms with van der Waals surface area (Å²) < 4.78 is 14.0. The van der Waals surface area contributed by atoms with E-state index in [0.29, 0.717) is 18.7 Å². The summed E-state index contributed by atoms with van der Waals surface area (Å²) in [5.74, 6) is -0.0970. The molecule has 0 bridgehead atoms. The monoisotopic (exact) mass is 431 g/mol. The molecule has 1 fully saturated rings. The molecule has 4 rings (SSSR count). The Morgan fingerprint density at radius 2 is 1.47 bits per heavy atom. The highest BCUT2D eigenvalue weighted by atomic mass is 19.1. The van der Waals surface area contributed by atoms with Gasteiger partial charge in [0, 0.05) is 32.7 Å². The zero-order chi connectivity index (χ0) is 22.2. The van der Waals surface area contributed by atoms with Gasteiger partial charge in [0.2, 0.25) is 5.91 Å². The number of carbonyl (C=O) groups excluding carboxylic acids is 1. The SMILES string of the molecule is O=C(Cc1ccc(-c2ccccc2)cc1)NCCCN1CCN(c2ccccc2F)CC1. The molecule has 5 heteroatoms. The van der Waals surface area contributed by atoms with Gasteiger partial charge in [-0.1, -0.05) is 66.7 Å². The number of para-hydroxylation sites is 1. The van der Waals surface area contributed by atoms with Crippen molar-refractivity contribution in [2.75, 3.05) is 44.2 Å². The summed E-state index contributed by atoms with van der Waals surface area (Å²) in [7, 11) is 0. The Hall–Kier alpha value is -3.18. The van der Waals surface area contributed by atoms with Crippen molar-refractivity contribution < 1.29 is 9.18 Å². The molecule has 1 aliphatic rings. The smallest absolute Gasteiger partial charge is 0.224 e. The molecular weight excluding hydrogens is 401 g/mol. The minimum Gasteiger partial charge on any atom is -0.367 e. The molecule has 1 saturated heterocycles. The summed E-state index contributed by atoms with van der Waals surface area (Å²) in [4.78, 5) is 16.8. The first-order valence-corrected chi connectivity index (χ1v) is 11.3. The first kappa shape index (κ1) is 22.0. The molecule has 166 valence electrons. The second kappa shape index (κ2) is 10.9. The molecule has 3 aromatic rings. The third kappa shape index (κ3) is 5.95. The molecule has 32 heavy (non-hydrogen) atoms. The van der Waals surface area contributed by atoms with E-state index in [0.717, 1.165) is 50.3 Å². The van der Waals surface area contributed by atoms with E-state index in [1.54, 1.807) is 6.07 Å². The number of piperazine rings is 1. The summed E-state index contributed by atoms with van der Waals surface area (Å²) in [6, 6.07) is 25.4. The Balaban J connectivity index is 1.14. The quantitative estimate of drug-likeness (QED) is 0.538. The molecule has 1 amide bonds. The Morgan fingerprint density at radius 1 is 0.812 bits per heavy atom. The molecule has 1 heterocycles. The molecule has 0 radical (unpaired) electrons. The molecule has 4 nitrogen and oxygen atoms in total. The molecule has 3 aromatic carbocycles. The number of halogens is 1. The van der Waals surface area contributed by atoms with Gasteiger partial charge < -0.3 is 10.2 Å². The van der Waals surface area contributed by atoms with Gasteiger partial charge in [0.05, 0.1) is 12.1 Å². The average molecular weight is 432 g/mol. The molecule has 0 saturated carbocycles. The predicted octanol–water partition coefficient (Wildman–Crippen LogP) is 4.36. The van der Waals surface area contributed by atoms with Gasteiger partial charge in [-0.2, -0.15) is 0 Å². The summed E-state index contributed by atoms with van der Waals surface area (Å²) in [6.45, 7) is 5.09. The van der Waals surface area contributed by atoms with Crippen molar-refractivity contribution in [3.8, 4) is 11.1 Å². The van der Waals surface area contributed by atoms with E-state index in [2.05, 4.69) is 39.4 Å². The fourth-order valence-electron chi connectivity index (χ4n) is 4.14. The maximum Gasteiger partial charge on any atom is 0.224 e. The van der Waals surface area contributed by atoms with Crippen LogP contribution in [0.25, 0.3) is 11.1 Å². The molecule has 0 spiro atoms. The van der Waals surface area contributed by atoms with E-state index in [-0.39, 0.29) is 11.7 Å². The minimum atomic E-state index is -0.154. The van der Waals surface area contributed by atoms with Crippen molar-refractivity contribution in [1.29, 1.82) is 0 Å². The Labute approximate surface area is 189 Å². The third-order valence-corrected chi connectivity index (χ3v) is 5.96. The molecule has 0 atom stereocenters. The lowest BCUT2D eigenvalue weighted by Crippen LogP contribution is -2.47. The summed E-state index contributed by atoms with van der Waals surface area (Å²) in [5, 5.41) is 3.03. The number of carbonyl (C=O) groups is 1. The summed E-state index contributed by atoms with van der Waals surface area (Å²) in [5.41, 5.74) is 4.05. The number of hydrogen-bond acceptors (Lipinski definition) is 3. The van der Waals surface area contributed by atoms with Gasteiger partial charge in [0.25, 0.3) is 0 Å². The normalized spacial score (nSPS) is 14.3. The van der Waals surface area contributed by atoms with Gasteiger partial charge in [-0.25, -0.2) is 4.39 Å². The van der Waals surface area contributed by atoms with E-state index in [4.69, 9.17) is 0 Å². The van der Waals surface area contributed by atoms with Gasteiger partial charge in [0.1, 0.15) is 5.82 Å². The number of anilines is 1. The molecule has 0 unspecified atom stereocenters. The highest BCUT2D eigenvalue weighted by Gasteiger charge is 2.18. The predicted molar refractivity (Wildman–Crippen MR) is 128 cm³/mol. The van der Waals surface area contributed by atoms with E-state index < -0.39 is 0 Å². The first-order valence-electron chi connectivity index (χ1n) is 11.3. The topological polar surface area (TPSA) is 35.6 Å². The lowest BCUT2D eigenvalue weighted by atomic mass is 10.0. The van der Waals surface area contributed by atoms with Crippen LogP contribution in [-0.4, -0.2) is 50.1 Å². The lowest BCUT2D eigenvalue weighted by Gasteiger charge is -2.36. The molecule has 1 aliphatic heterocycles. The molecule has 1 N–H and O–H groups in total. The van der Waals surface area contributed by atoms with Gasteiger partial charge in [-0.15, -0.1) is 0 Å². The Bertz CT molecular complexity index is 999. The second-order valence-electron chi connectivity index (χ2n) is 8.22.